The molecule has 1 N–H and O–H groups in total. The van der Waals surface area contributed by atoms with Gasteiger partial charge in [0.1, 0.15) is 5.75 Å². The first-order valence-electron chi connectivity index (χ1n) is 5.57. The highest BCUT2D eigenvalue weighted by Crippen LogP contribution is 2.15. The van der Waals surface area contributed by atoms with E-state index in [2.05, 4.69) is 10.2 Å². The first-order chi connectivity index (χ1) is 8.69. The lowest BCUT2D eigenvalue weighted by Crippen LogP contribution is -2.08. The molecule has 18 heavy (non-hydrogen) atoms. The Hall–Kier alpha value is -2.36. The number of hydrogen-bond donors (Lipinski definition) is 1. The van der Waals surface area contributed by atoms with Gasteiger partial charge in [0.15, 0.2) is 0 Å². The van der Waals surface area contributed by atoms with Crippen LogP contribution < -0.4 is 10.3 Å². The van der Waals surface area contributed by atoms with Gasteiger partial charge in [-0.05, 0) is 36.3 Å². The van der Waals surface area contributed by atoms with Crippen LogP contribution in [0.1, 0.15) is 16.8 Å². The molecule has 92 valence electrons. The van der Waals surface area contributed by atoms with Crippen LogP contribution >= 0.6 is 0 Å². The van der Waals surface area contributed by atoms with E-state index in [9.17, 15) is 4.79 Å². The molecule has 0 atom stereocenters. The molecular formula is C14H14N2O2. The predicted octanol–water partition coefficient (Wildman–Crippen LogP) is 2.26. The van der Waals surface area contributed by atoms with Crippen molar-refractivity contribution in [2.45, 2.75) is 6.92 Å². The zero-order chi connectivity index (χ0) is 13.0. The lowest BCUT2D eigenvalue weighted by Gasteiger charge is -2.00. The van der Waals surface area contributed by atoms with Gasteiger partial charge >= 0.3 is 0 Å². The van der Waals surface area contributed by atoms with Crippen LogP contribution in [0.25, 0.3) is 12.2 Å². The van der Waals surface area contributed by atoms with Crippen molar-refractivity contribution < 1.29 is 4.74 Å². The predicted molar refractivity (Wildman–Crippen MR) is 71.5 cm³/mol. The number of H-pyrrole nitrogens is 1. The van der Waals surface area contributed by atoms with Gasteiger partial charge in [-0.15, -0.1) is 0 Å². The van der Waals surface area contributed by atoms with Gasteiger partial charge in [0.25, 0.3) is 5.56 Å². The van der Waals surface area contributed by atoms with Crippen LogP contribution in [0.15, 0.2) is 35.1 Å². The number of ether oxygens (including phenoxy) is 1. The summed E-state index contributed by atoms with van der Waals surface area (Å²) in [5, 5.41) is 6.40. The summed E-state index contributed by atoms with van der Waals surface area (Å²) in [5.74, 6) is 0.809. The summed E-state index contributed by atoms with van der Waals surface area (Å²) in [6, 6.07) is 9.24. The Balaban J connectivity index is 2.26. The average Bonchev–Trinajstić information content (AvgIpc) is 2.38. The van der Waals surface area contributed by atoms with Crippen molar-refractivity contribution in [2.24, 2.45) is 0 Å². The number of methoxy groups -OCH3 is 1. The van der Waals surface area contributed by atoms with Crippen molar-refractivity contribution in [3.05, 3.63) is 57.5 Å². The van der Waals surface area contributed by atoms with Crippen LogP contribution in [0, 0.1) is 6.92 Å². The summed E-state index contributed by atoms with van der Waals surface area (Å²) >= 11 is 0. The smallest absolute Gasteiger partial charge is 0.264 e. The number of aromatic nitrogens is 2. The van der Waals surface area contributed by atoms with Crippen molar-refractivity contribution in [1.82, 2.24) is 10.2 Å². The molecular weight excluding hydrogens is 228 g/mol. The Labute approximate surface area is 105 Å². The molecule has 0 bridgehead atoms. The summed E-state index contributed by atoms with van der Waals surface area (Å²) in [6.45, 7) is 1.85. The molecule has 4 nitrogen and oxygen atoms in total. The molecule has 0 radical (unpaired) electrons. The van der Waals surface area contributed by atoms with E-state index in [-0.39, 0.29) is 5.56 Å². The van der Waals surface area contributed by atoms with E-state index in [0.717, 1.165) is 22.6 Å². The summed E-state index contributed by atoms with van der Waals surface area (Å²) in [7, 11) is 1.64. The molecule has 1 aromatic carbocycles. The van der Waals surface area contributed by atoms with Crippen LogP contribution in [0.4, 0.5) is 0 Å². The number of aryl methyl sites for hydroxylation is 1. The minimum atomic E-state index is -0.189. The Morgan fingerprint density at radius 3 is 2.83 bits per heavy atom. The molecule has 0 unspecified atom stereocenters. The maximum absolute atomic E-state index is 11.0. The number of benzene rings is 1. The van der Waals surface area contributed by atoms with Crippen molar-refractivity contribution in [3.63, 3.8) is 0 Å². The highest BCUT2D eigenvalue weighted by Gasteiger charge is 1.97. The first-order valence-corrected chi connectivity index (χ1v) is 5.57. The zero-order valence-corrected chi connectivity index (χ0v) is 10.3. The van der Waals surface area contributed by atoms with E-state index in [1.165, 1.54) is 6.07 Å². The molecule has 0 fully saturated rings. The van der Waals surface area contributed by atoms with Crippen molar-refractivity contribution >= 4 is 12.2 Å². The van der Waals surface area contributed by atoms with Crippen molar-refractivity contribution in [2.75, 3.05) is 7.11 Å². The van der Waals surface area contributed by atoms with E-state index in [4.69, 9.17) is 4.74 Å². The molecule has 4 heteroatoms. The minimum Gasteiger partial charge on any atom is -0.497 e. The van der Waals surface area contributed by atoms with Crippen LogP contribution in [-0.4, -0.2) is 17.3 Å². The van der Waals surface area contributed by atoms with Gasteiger partial charge in [-0.2, -0.15) is 5.10 Å². The molecule has 0 saturated carbocycles. The Bertz CT molecular complexity index is 630. The average molecular weight is 242 g/mol. The van der Waals surface area contributed by atoms with Gasteiger partial charge in [0.05, 0.1) is 12.8 Å². The Morgan fingerprint density at radius 2 is 2.11 bits per heavy atom. The van der Waals surface area contributed by atoms with Gasteiger partial charge in [-0.3, -0.25) is 4.79 Å². The third-order valence-electron chi connectivity index (χ3n) is 2.57. The fourth-order valence-electron chi connectivity index (χ4n) is 1.60. The van der Waals surface area contributed by atoms with E-state index in [1.54, 1.807) is 7.11 Å². The van der Waals surface area contributed by atoms with Crippen LogP contribution in [0.3, 0.4) is 0 Å². The molecule has 0 saturated heterocycles. The topological polar surface area (TPSA) is 55.0 Å². The molecule has 1 aromatic heterocycles. The van der Waals surface area contributed by atoms with Gasteiger partial charge in [-0.1, -0.05) is 18.2 Å². The number of nitrogens with one attached hydrogen (secondary N) is 1. The largest absolute Gasteiger partial charge is 0.497 e. The molecule has 0 spiro atoms. The Kier molecular flexibility index (Phi) is 3.57. The minimum absolute atomic E-state index is 0.189. The highest BCUT2D eigenvalue weighted by atomic mass is 16.5. The summed E-state index contributed by atoms with van der Waals surface area (Å²) in [4.78, 5) is 11.0. The van der Waals surface area contributed by atoms with Gasteiger partial charge in [-0.25, -0.2) is 5.10 Å². The fraction of sp³-hybridized carbons (Fsp3) is 0.143. The van der Waals surface area contributed by atoms with E-state index in [0.29, 0.717) is 0 Å². The van der Waals surface area contributed by atoms with Crippen LogP contribution in [0.2, 0.25) is 0 Å². The van der Waals surface area contributed by atoms with E-state index < -0.39 is 0 Å². The second kappa shape index (κ2) is 5.31. The quantitative estimate of drug-likeness (QED) is 0.898. The lowest BCUT2D eigenvalue weighted by atomic mass is 10.1. The molecule has 2 rings (SSSR count). The van der Waals surface area contributed by atoms with Gasteiger partial charge in [0.2, 0.25) is 0 Å². The second-order valence-electron chi connectivity index (χ2n) is 3.91. The third kappa shape index (κ3) is 2.85. The number of aromatic amines is 1. The second-order valence-corrected chi connectivity index (χ2v) is 3.91. The van der Waals surface area contributed by atoms with Crippen molar-refractivity contribution in [3.8, 4) is 5.75 Å². The highest BCUT2D eigenvalue weighted by molar-refractivity contribution is 5.69. The molecule has 2 aromatic rings. The third-order valence-corrected chi connectivity index (χ3v) is 2.57. The molecule has 0 aliphatic rings. The summed E-state index contributed by atoms with van der Waals surface area (Å²) in [5.41, 5.74) is 2.42. The van der Waals surface area contributed by atoms with Crippen molar-refractivity contribution in [1.29, 1.82) is 0 Å². The summed E-state index contributed by atoms with van der Waals surface area (Å²) in [6.07, 6.45) is 3.79. The zero-order valence-electron chi connectivity index (χ0n) is 10.3. The standard InChI is InChI=1S/C14H14N2O2/c1-10-8-14(17)16-15-13(10)7-6-11-4-3-5-12(9-11)18-2/h3-9H,1-2H3,(H,16,17). The van der Waals surface area contributed by atoms with Gasteiger partial charge < -0.3 is 4.74 Å². The maximum atomic E-state index is 11.0. The van der Waals surface area contributed by atoms with E-state index >= 15 is 0 Å². The monoisotopic (exact) mass is 242 g/mol. The maximum Gasteiger partial charge on any atom is 0.264 e. The molecule has 0 aliphatic carbocycles. The number of nitrogens with zero attached hydrogens (tertiary/aromatic N) is 1. The SMILES string of the molecule is COc1cccc(C=Cc2n[nH]c(=O)cc2C)c1. The van der Waals surface area contributed by atoms with Crippen LogP contribution in [0.5, 0.6) is 5.75 Å². The first kappa shape index (κ1) is 12.1. The molecule has 0 aliphatic heterocycles. The number of rotatable bonds is 3. The molecule has 1 heterocycles. The lowest BCUT2D eigenvalue weighted by molar-refractivity contribution is 0.414. The van der Waals surface area contributed by atoms with Gasteiger partial charge in [0, 0.05) is 6.07 Å². The number of hydrogen-bond acceptors (Lipinski definition) is 3. The van der Waals surface area contributed by atoms with Crippen LogP contribution in [-0.2, 0) is 0 Å². The fourth-order valence-corrected chi connectivity index (χ4v) is 1.60. The summed E-state index contributed by atoms with van der Waals surface area (Å²) < 4.78 is 5.15. The Morgan fingerprint density at radius 1 is 1.28 bits per heavy atom. The normalized spacial score (nSPS) is 10.8. The van der Waals surface area contributed by atoms with E-state index in [1.807, 2.05) is 43.3 Å². The molecule has 0 amide bonds.